The van der Waals surface area contributed by atoms with Gasteiger partial charge in [-0.05, 0) is 45.0 Å². The lowest BCUT2D eigenvalue weighted by molar-refractivity contribution is 0.415. The summed E-state index contributed by atoms with van der Waals surface area (Å²) in [6.07, 6.45) is 4.14. The maximum absolute atomic E-state index is 5.13. The van der Waals surface area contributed by atoms with E-state index in [0.29, 0.717) is 6.04 Å². The number of allylic oxidation sites excluding steroid dienone is 1. The van der Waals surface area contributed by atoms with E-state index in [0.717, 1.165) is 5.75 Å². The number of anilines is 1. The highest BCUT2D eigenvalue weighted by molar-refractivity contribution is 5.52. The third-order valence-corrected chi connectivity index (χ3v) is 2.24. The van der Waals surface area contributed by atoms with Crippen LogP contribution < -0.4 is 9.64 Å². The summed E-state index contributed by atoms with van der Waals surface area (Å²) in [6, 6.07) is 8.55. The van der Waals surface area contributed by atoms with Gasteiger partial charge in [0.15, 0.2) is 0 Å². The van der Waals surface area contributed by atoms with Gasteiger partial charge in [0.2, 0.25) is 0 Å². The zero-order valence-corrected chi connectivity index (χ0v) is 9.90. The summed E-state index contributed by atoms with van der Waals surface area (Å²) >= 11 is 0. The van der Waals surface area contributed by atoms with E-state index in [1.807, 2.05) is 25.1 Å². The van der Waals surface area contributed by atoms with Crippen molar-refractivity contribution in [1.29, 1.82) is 0 Å². The van der Waals surface area contributed by atoms with Crippen molar-refractivity contribution >= 4 is 5.69 Å². The molecule has 0 atom stereocenters. The standard InChI is InChI=1S/C13H19NO/c1-5-10-14(11(2)3)12-6-8-13(15-4)9-7-12/h5-11H,1-4H3/b10-5-. The van der Waals surface area contributed by atoms with Crippen molar-refractivity contribution in [3.63, 3.8) is 0 Å². The Morgan fingerprint density at radius 2 is 1.80 bits per heavy atom. The van der Waals surface area contributed by atoms with Gasteiger partial charge in [-0.2, -0.15) is 0 Å². The predicted octanol–water partition coefficient (Wildman–Crippen LogP) is 3.44. The van der Waals surface area contributed by atoms with E-state index in [1.54, 1.807) is 7.11 Å². The Morgan fingerprint density at radius 3 is 2.20 bits per heavy atom. The Labute approximate surface area is 92.2 Å². The lowest BCUT2D eigenvalue weighted by Crippen LogP contribution is -2.24. The molecule has 0 spiro atoms. The number of hydrogen-bond donors (Lipinski definition) is 0. The van der Waals surface area contributed by atoms with Gasteiger partial charge in [-0.3, -0.25) is 0 Å². The van der Waals surface area contributed by atoms with Gasteiger partial charge in [-0.1, -0.05) is 6.08 Å². The molecule has 0 bridgehead atoms. The van der Waals surface area contributed by atoms with E-state index in [4.69, 9.17) is 4.74 Å². The molecular formula is C13H19NO. The normalized spacial score (nSPS) is 11.0. The number of benzene rings is 1. The Bertz CT molecular complexity index is 314. The van der Waals surface area contributed by atoms with Crippen molar-refractivity contribution in [1.82, 2.24) is 0 Å². The smallest absolute Gasteiger partial charge is 0.119 e. The number of methoxy groups -OCH3 is 1. The second-order valence-electron chi connectivity index (χ2n) is 3.68. The molecular weight excluding hydrogens is 186 g/mol. The Kier molecular flexibility index (Phi) is 4.22. The first-order chi connectivity index (χ1) is 7.19. The topological polar surface area (TPSA) is 12.5 Å². The van der Waals surface area contributed by atoms with Crippen molar-refractivity contribution in [2.24, 2.45) is 0 Å². The molecule has 0 heterocycles. The fraction of sp³-hybridized carbons (Fsp3) is 0.385. The minimum absolute atomic E-state index is 0.453. The summed E-state index contributed by atoms with van der Waals surface area (Å²) in [5.41, 5.74) is 1.18. The summed E-state index contributed by atoms with van der Waals surface area (Å²) < 4.78 is 5.13. The SMILES string of the molecule is C/C=C\N(c1ccc(OC)cc1)C(C)C. The van der Waals surface area contributed by atoms with Crippen molar-refractivity contribution in [2.75, 3.05) is 12.0 Å². The predicted molar refractivity (Wildman–Crippen MR) is 65.4 cm³/mol. The molecule has 15 heavy (non-hydrogen) atoms. The average molecular weight is 205 g/mol. The molecule has 0 N–H and O–H groups in total. The van der Waals surface area contributed by atoms with Crippen molar-refractivity contribution < 1.29 is 4.74 Å². The van der Waals surface area contributed by atoms with Gasteiger partial charge in [0.25, 0.3) is 0 Å². The number of ether oxygens (including phenoxy) is 1. The van der Waals surface area contributed by atoms with Crippen LogP contribution in [-0.4, -0.2) is 13.2 Å². The first kappa shape index (κ1) is 11.6. The van der Waals surface area contributed by atoms with Gasteiger partial charge < -0.3 is 9.64 Å². The first-order valence-electron chi connectivity index (χ1n) is 5.24. The lowest BCUT2D eigenvalue weighted by Gasteiger charge is -2.25. The molecule has 0 saturated heterocycles. The van der Waals surface area contributed by atoms with E-state index in [1.165, 1.54) is 5.69 Å². The largest absolute Gasteiger partial charge is 0.497 e. The Balaban J connectivity index is 2.91. The molecule has 2 heteroatoms. The van der Waals surface area contributed by atoms with Crippen LogP contribution in [0.25, 0.3) is 0 Å². The van der Waals surface area contributed by atoms with Crippen LogP contribution in [0.3, 0.4) is 0 Å². The highest BCUT2D eigenvalue weighted by atomic mass is 16.5. The fourth-order valence-electron chi connectivity index (χ4n) is 1.47. The number of rotatable bonds is 4. The summed E-state index contributed by atoms with van der Waals surface area (Å²) in [7, 11) is 1.68. The van der Waals surface area contributed by atoms with Gasteiger partial charge in [0.05, 0.1) is 7.11 Å². The molecule has 0 aromatic heterocycles. The van der Waals surface area contributed by atoms with Crippen LogP contribution in [-0.2, 0) is 0 Å². The Morgan fingerprint density at radius 1 is 1.20 bits per heavy atom. The minimum Gasteiger partial charge on any atom is -0.497 e. The molecule has 0 amide bonds. The average Bonchev–Trinajstić information content (AvgIpc) is 2.26. The lowest BCUT2D eigenvalue weighted by atomic mass is 10.2. The van der Waals surface area contributed by atoms with E-state index >= 15 is 0 Å². The maximum Gasteiger partial charge on any atom is 0.119 e. The maximum atomic E-state index is 5.13. The summed E-state index contributed by atoms with van der Waals surface area (Å²) in [4.78, 5) is 2.22. The highest BCUT2D eigenvalue weighted by Gasteiger charge is 2.06. The second-order valence-corrected chi connectivity index (χ2v) is 3.68. The van der Waals surface area contributed by atoms with Crippen LogP contribution in [0.2, 0.25) is 0 Å². The molecule has 1 aromatic rings. The molecule has 2 nitrogen and oxygen atoms in total. The van der Waals surface area contributed by atoms with Crippen LogP contribution in [0.5, 0.6) is 5.75 Å². The van der Waals surface area contributed by atoms with E-state index in [9.17, 15) is 0 Å². The molecule has 0 saturated carbocycles. The van der Waals surface area contributed by atoms with Crippen molar-refractivity contribution in [3.05, 3.63) is 36.5 Å². The minimum atomic E-state index is 0.453. The number of hydrogen-bond acceptors (Lipinski definition) is 2. The van der Waals surface area contributed by atoms with Gasteiger partial charge >= 0.3 is 0 Å². The summed E-state index contributed by atoms with van der Waals surface area (Å²) in [6.45, 7) is 6.37. The summed E-state index contributed by atoms with van der Waals surface area (Å²) in [5.74, 6) is 0.892. The molecule has 0 radical (unpaired) electrons. The Hall–Kier alpha value is -1.44. The second kappa shape index (κ2) is 5.44. The van der Waals surface area contributed by atoms with Gasteiger partial charge in [0, 0.05) is 17.9 Å². The molecule has 0 aliphatic rings. The van der Waals surface area contributed by atoms with Crippen LogP contribution in [0.1, 0.15) is 20.8 Å². The first-order valence-corrected chi connectivity index (χ1v) is 5.24. The zero-order chi connectivity index (χ0) is 11.3. The van der Waals surface area contributed by atoms with Crippen LogP contribution in [0.15, 0.2) is 36.5 Å². The molecule has 82 valence electrons. The summed E-state index contributed by atoms with van der Waals surface area (Å²) in [5, 5.41) is 0. The van der Waals surface area contributed by atoms with Gasteiger partial charge in [0.1, 0.15) is 5.75 Å². The highest BCUT2D eigenvalue weighted by Crippen LogP contribution is 2.21. The quantitative estimate of drug-likeness (QED) is 0.746. The molecule has 0 aliphatic carbocycles. The van der Waals surface area contributed by atoms with Crippen LogP contribution >= 0.6 is 0 Å². The van der Waals surface area contributed by atoms with E-state index in [2.05, 4.69) is 37.1 Å². The molecule has 0 aliphatic heterocycles. The number of nitrogens with zero attached hydrogens (tertiary/aromatic N) is 1. The molecule has 0 fully saturated rings. The van der Waals surface area contributed by atoms with Crippen molar-refractivity contribution in [3.8, 4) is 5.75 Å². The van der Waals surface area contributed by atoms with Crippen molar-refractivity contribution in [2.45, 2.75) is 26.8 Å². The van der Waals surface area contributed by atoms with Gasteiger partial charge in [-0.25, -0.2) is 0 Å². The van der Waals surface area contributed by atoms with Gasteiger partial charge in [-0.15, -0.1) is 0 Å². The van der Waals surface area contributed by atoms with Crippen LogP contribution in [0, 0.1) is 0 Å². The monoisotopic (exact) mass is 205 g/mol. The van der Waals surface area contributed by atoms with E-state index in [-0.39, 0.29) is 0 Å². The third kappa shape index (κ3) is 3.01. The zero-order valence-electron chi connectivity index (χ0n) is 9.90. The molecule has 1 rings (SSSR count). The third-order valence-electron chi connectivity index (χ3n) is 2.24. The van der Waals surface area contributed by atoms with Crippen LogP contribution in [0.4, 0.5) is 5.69 Å². The molecule has 1 aromatic carbocycles. The fourth-order valence-corrected chi connectivity index (χ4v) is 1.47. The van der Waals surface area contributed by atoms with E-state index < -0.39 is 0 Å². The molecule has 0 unspecified atom stereocenters.